The summed E-state index contributed by atoms with van der Waals surface area (Å²) in [7, 11) is 0. The SMILES string of the molecule is C1=NCC(C=NN=CC2=NC=NC2)=N1. The predicted molar refractivity (Wildman–Crippen MR) is 58.6 cm³/mol. The third kappa shape index (κ3) is 2.25. The van der Waals surface area contributed by atoms with Gasteiger partial charge in [0.15, 0.2) is 0 Å². The van der Waals surface area contributed by atoms with Crippen LogP contribution in [-0.4, -0.2) is 49.6 Å². The van der Waals surface area contributed by atoms with Crippen LogP contribution in [0.15, 0.2) is 30.2 Å². The zero-order valence-corrected chi connectivity index (χ0v) is 7.41. The van der Waals surface area contributed by atoms with E-state index >= 15 is 0 Å². The van der Waals surface area contributed by atoms with Gasteiger partial charge in [0.2, 0.25) is 0 Å². The molecule has 0 atom stereocenters. The fourth-order valence-corrected chi connectivity index (χ4v) is 0.929. The molecule has 2 aliphatic heterocycles. The quantitative estimate of drug-likeness (QED) is 0.442. The molecule has 14 heavy (non-hydrogen) atoms. The Hall–Kier alpha value is -1.98. The average Bonchev–Trinajstić information content (AvgIpc) is 2.86. The molecule has 0 spiro atoms. The van der Waals surface area contributed by atoms with Crippen LogP contribution < -0.4 is 0 Å². The molecule has 2 rings (SSSR count). The lowest BCUT2D eigenvalue weighted by atomic mass is 10.4. The molecular weight excluding hydrogens is 180 g/mol. The maximum atomic E-state index is 3.95. The zero-order valence-electron chi connectivity index (χ0n) is 7.41. The second-order valence-corrected chi connectivity index (χ2v) is 2.64. The smallest absolute Gasteiger partial charge is 0.110 e. The molecule has 2 aliphatic rings. The monoisotopic (exact) mass is 188 g/mol. The van der Waals surface area contributed by atoms with Crippen LogP contribution >= 0.6 is 0 Å². The van der Waals surface area contributed by atoms with Crippen molar-refractivity contribution < 1.29 is 0 Å². The van der Waals surface area contributed by atoms with Crippen molar-refractivity contribution in [2.75, 3.05) is 13.1 Å². The molecule has 6 nitrogen and oxygen atoms in total. The van der Waals surface area contributed by atoms with Gasteiger partial charge in [-0.1, -0.05) is 0 Å². The summed E-state index contributed by atoms with van der Waals surface area (Å²) < 4.78 is 0. The first-order chi connectivity index (χ1) is 6.95. The fourth-order valence-electron chi connectivity index (χ4n) is 0.929. The highest BCUT2D eigenvalue weighted by Gasteiger charge is 1.97. The van der Waals surface area contributed by atoms with E-state index in [1.165, 1.54) is 12.7 Å². The molecular formula is C8H8N6. The number of hydrogen-bond donors (Lipinski definition) is 0. The highest BCUT2D eigenvalue weighted by atomic mass is 15.2. The van der Waals surface area contributed by atoms with Crippen molar-refractivity contribution in [2.24, 2.45) is 30.2 Å². The van der Waals surface area contributed by atoms with Crippen LogP contribution in [0.4, 0.5) is 0 Å². The van der Waals surface area contributed by atoms with Crippen molar-refractivity contribution in [3.05, 3.63) is 0 Å². The molecule has 0 aromatic carbocycles. The number of rotatable bonds is 3. The zero-order chi connectivity index (χ0) is 9.64. The standard InChI is InChI=1S/C8H8N6/c1-7(11-5-9-1)3-13-14-4-8-2-10-6-12-8/h3-6H,1-2H2. The highest BCUT2D eigenvalue weighted by molar-refractivity contribution is 6.35. The van der Waals surface area contributed by atoms with Crippen molar-refractivity contribution in [3.63, 3.8) is 0 Å². The van der Waals surface area contributed by atoms with Crippen LogP contribution in [0.1, 0.15) is 0 Å². The summed E-state index contributed by atoms with van der Waals surface area (Å²) in [6.07, 6.45) is 6.19. The molecule has 0 bridgehead atoms. The maximum Gasteiger partial charge on any atom is 0.110 e. The molecule has 70 valence electrons. The van der Waals surface area contributed by atoms with Crippen LogP contribution in [0.3, 0.4) is 0 Å². The van der Waals surface area contributed by atoms with Crippen molar-refractivity contribution >= 4 is 36.5 Å². The minimum Gasteiger partial charge on any atom is -0.267 e. The molecule has 0 fully saturated rings. The second kappa shape index (κ2) is 4.31. The molecule has 0 unspecified atom stereocenters. The molecule has 0 radical (unpaired) electrons. The Morgan fingerprint density at radius 1 is 0.929 bits per heavy atom. The lowest BCUT2D eigenvalue weighted by Crippen LogP contribution is -2.01. The Morgan fingerprint density at radius 2 is 1.43 bits per heavy atom. The van der Waals surface area contributed by atoms with E-state index in [2.05, 4.69) is 30.2 Å². The van der Waals surface area contributed by atoms with Gasteiger partial charge in [0, 0.05) is 0 Å². The molecule has 0 saturated carbocycles. The summed E-state index contributed by atoms with van der Waals surface area (Å²) in [5.41, 5.74) is 1.62. The minimum atomic E-state index is 0.586. The molecule has 0 amide bonds. The van der Waals surface area contributed by atoms with Crippen LogP contribution in [-0.2, 0) is 0 Å². The van der Waals surface area contributed by atoms with Gasteiger partial charge in [-0.05, 0) is 0 Å². The predicted octanol–water partition coefficient (Wildman–Crippen LogP) is 0.00880. The van der Waals surface area contributed by atoms with Gasteiger partial charge < -0.3 is 0 Å². The summed E-state index contributed by atoms with van der Waals surface area (Å²) in [4.78, 5) is 15.7. The Balaban J connectivity index is 1.81. The molecule has 0 aliphatic carbocycles. The Labute approximate surface area is 80.6 Å². The van der Waals surface area contributed by atoms with Crippen LogP contribution in [0.2, 0.25) is 0 Å². The topological polar surface area (TPSA) is 74.2 Å². The fraction of sp³-hybridized carbons (Fsp3) is 0.250. The van der Waals surface area contributed by atoms with Gasteiger partial charge in [0.05, 0.1) is 36.9 Å². The van der Waals surface area contributed by atoms with E-state index in [1.54, 1.807) is 12.4 Å². The molecule has 0 aromatic heterocycles. The second-order valence-electron chi connectivity index (χ2n) is 2.64. The lowest BCUT2D eigenvalue weighted by Gasteiger charge is -1.85. The van der Waals surface area contributed by atoms with Crippen molar-refractivity contribution in [1.29, 1.82) is 0 Å². The minimum absolute atomic E-state index is 0.586. The van der Waals surface area contributed by atoms with Gasteiger partial charge >= 0.3 is 0 Å². The van der Waals surface area contributed by atoms with E-state index in [1.807, 2.05) is 0 Å². The first-order valence-electron chi connectivity index (χ1n) is 4.11. The number of nitrogens with zero attached hydrogens (tertiary/aromatic N) is 6. The van der Waals surface area contributed by atoms with E-state index in [4.69, 9.17) is 0 Å². The molecule has 0 saturated heterocycles. The molecule has 0 aromatic rings. The van der Waals surface area contributed by atoms with Crippen LogP contribution in [0.5, 0.6) is 0 Å². The average molecular weight is 188 g/mol. The normalized spacial score (nSPS) is 20.0. The Kier molecular flexibility index (Phi) is 2.65. The first-order valence-corrected chi connectivity index (χ1v) is 4.11. The van der Waals surface area contributed by atoms with Gasteiger partial charge in [-0.3, -0.25) is 9.98 Å². The largest absolute Gasteiger partial charge is 0.267 e. The molecule has 0 N–H and O–H groups in total. The van der Waals surface area contributed by atoms with Crippen molar-refractivity contribution in [2.45, 2.75) is 0 Å². The maximum absolute atomic E-state index is 3.95. The van der Waals surface area contributed by atoms with Gasteiger partial charge in [-0.25, -0.2) is 9.98 Å². The van der Waals surface area contributed by atoms with E-state index in [-0.39, 0.29) is 0 Å². The van der Waals surface area contributed by atoms with Gasteiger partial charge in [-0.2, -0.15) is 10.2 Å². The Bertz CT molecular complexity index is 347. The summed E-state index contributed by atoms with van der Waals surface area (Å²) >= 11 is 0. The van der Waals surface area contributed by atoms with Gasteiger partial charge in [0.25, 0.3) is 0 Å². The van der Waals surface area contributed by atoms with Crippen molar-refractivity contribution in [3.8, 4) is 0 Å². The van der Waals surface area contributed by atoms with E-state index in [9.17, 15) is 0 Å². The highest BCUT2D eigenvalue weighted by Crippen LogP contribution is 1.87. The van der Waals surface area contributed by atoms with Gasteiger partial charge in [-0.15, -0.1) is 0 Å². The summed E-state index contributed by atoms with van der Waals surface area (Å²) in [5, 5.41) is 7.63. The summed E-state index contributed by atoms with van der Waals surface area (Å²) in [6.45, 7) is 1.17. The third-order valence-corrected chi connectivity index (χ3v) is 1.60. The van der Waals surface area contributed by atoms with E-state index in [0.717, 1.165) is 11.4 Å². The number of aliphatic imine (C=N–C) groups is 4. The molecule has 6 heteroatoms. The number of hydrogen-bond acceptors (Lipinski definition) is 6. The van der Waals surface area contributed by atoms with Crippen LogP contribution in [0, 0.1) is 0 Å². The third-order valence-electron chi connectivity index (χ3n) is 1.60. The van der Waals surface area contributed by atoms with Gasteiger partial charge in [0.1, 0.15) is 12.7 Å². The summed E-state index contributed by atoms with van der Waals surface area (Å²) in [6, 6.07) is 0. The summed E-state index contributed by atoms with van der Waals surface area (Å²) in [5.74, 6) is 0. The first kappa shape index (κ1) is 8.61. The molecule has 2 heterocycles. The van der Waals surface area contributed by atoms with Crippen LogP contribution in [0.25, 0.3) is 0 Å². The Morgan fingerprint density at radius 3 is 1.79 bits per heavy atom. The lowest BCUT2D eigenvalue weighted by molar-refractivity contribution is 1.27. The van der Waals surface area contributed by atoms with E-state index < -0.39 is 0 Å². The van der Waals surface area contributed by atoms with E-state index in [0.29, 0.717) is 13.1 Å². The van der Waals surface area contributed by atoms with Crippen molar-refractivity contribution in [1.82, 2.24) is 0 Å².